The SMILES string of the molecule is CCCC/C(=N\NS(=O)(=O)c1ccc(C)cc1)c1ccc2c(c1)OCO2. The minimum Gasteiger partial charge on any atom is -0.454 e. The Morgan fingerprint density at radius 2 is 1.85 bits per heavy atom. The van der Waals surface area contributed by atoms with Crippen LogP contribution >= 0.6 is 0 Å². The first-order valence-electron chi connectivity index (χ1n) is 8.54. The van der Waals surface area contributed by atoms with Gasteiger partial charge >= 0.3 is 0 Å². The molecule has 1 heterocycles. The van der Waals surface area contributed by atoms with Crippen LogP contribution in [0.15, 0.2) is 52.5 Å². The van der Waals surface area contributed by atoms with Crippen LogP contribution in [0.1, 0.15) is 37.3 Å². The Morgan fingerprint density at radius 1 is 1.12 bits per heavy atom. The smallest absolute Gasteiger partial charge is 0.276 e. The second kappa shape index (κ2) is 7.78. The van der Waals surface area contributed by atoms with Gasteiger partial charge in [-0.25, -0.2) is 0 Å². The fraction of sp³-hybridized carbons (Fsp3) is 0.316. The lowest BCUT2D eigenvalue weighted by Gasteiger charge is -2.09. The van der Waals surface area contributed by atoms with Crippen LogP contribution in [-0.2, 0) is 10.0 Å². The Hall–Kier alpha value is -2.54. The maximum absolute atomic E-state index is 12.5. The molecule has 1 aliphatic rings. The number of unbranched alkanes of at least 4 members (excludes halogenated alkanes) is 1. The molecule has 0 saturated heterocycles. The molecule has 0 amide bonds. The zero-order valence-electron chi connectivity index (χ0n) is 14.9. The average molecular weight is 374 g/mol. The minimum absolute atomic E-state index is 0.187. The fourth-order valence-corrected chi connectivity index (χ4v) is 3.40. The first-order chi connectivity index (χ1) is 12.5. The van der Waals surface area contributed by atoms with Crippen molar-refractivity contribution in [1.82, 2.24) is 4.83 Å². The summed E-state index contributed by atoms with van der Waals surface area (Å²) in [6, 6.07) is 12.2. The van der Waals surface area contributed by atoms with E-state index in [-0.39, 0.29) is 11.7 Å². The predicted molar refractivity (Wildman–Crippen MR) is 100 cm³/mol. The Morgan fingerprint density at radius 3 is 2.58 bits per heavy atom. The average Bonchev–Trinajstić information content (AvgIpc) is 3.10. The van der Waals surface area contributed by atoms with Gasteiger partial charge in [0.2, 0.25) is 6.79 Å². The zero-order valence-corrected chi connectivity index (χ0v) is 15.7. The summed E-state index contributed by atoms with van der Waals surface area (Å²) in [5.74, 6) is 1.33. The first-order valence-corrected chi connectivity index (χ1v) is 10.0. The number of nitrogens with zero attached hydrogens (tertiary/aromatic N) is 1. The second-order valence-electron chi connectivity index (χ2n) is 6.14. The summed E-state index contributed by atoms with van der Waals surface area (Å²) in [5, 5.41) is 4.21. The van der Waals surface area contributed by atoms with Crippen LogP contribution in [0.3, 0.4) is 0 Å². The highest BCUT2D eigenvalue weighted by Crippen LogP contribution is 2.33. The van der Waals surface area contributed by atoms with Gasteiger partial charge in [0, 0.05) is 5.56 Å². The van der Waals surface area contributed by atoms with E-state index in [2.05, 4.69) is 16.9 Å². The molecule has 0 unspecified atom stereocenters. The van der Waals surface area contributed by atoms with Crippen LogP contribution in [0.2, 0.25) is 0 Å². The third kappa shape index (κ3) is 4.16. The molecule has 1 aliphatic heterocycles. The molecule has 0 bridgehead atoms. The Bertz CT molecular complexity index is 906. The molecule has 0 spiro atoms. The van der Waals surface area contributed by atoms with E-state index in [0.717, 1.165) is 24.0 Å². The highest BCUT2D eigenvalue weighted by Gasteiger charge is 2.17. The maximum Gasteiger partial charge on any atom is 0.276 e. The maximum atomic E-state index is 12.5. The number of rotatable bonds is 7. The Labute approximate surface area is 153 Å². The highest BCUT2D eigenvalue weighted by molar-refractivity contribution is 7.89. The van der Waals surface area contributed by atoms with Crippen molar-refractivity contribution in [2.24, 2.45) is 5.10 Å². The molecule has 138 valence electrons. The minimum atomic E-state index is -3.71. The van der Waals surface area contributed by atoms with Crippen molar-refractivity contribution < 1.29 is 17.9 Å². The van der Waals surface area contributed by atoms with Gasteiger partial charge in [-0.3, -0.25) is 0 Å². The van der Waals surface area contributed by atoms with Gasteiger partial charge in [0.15, 0.2) is 11.5 Å². The van der Waals surface area contributed by atoms with Gasteiger partial charge in [-0.05, 0) is 50.1 Å². The van der Waals surface area contributed by atoms with Crippen LogP contribution < -0.4 is 14.3 Å². The van der Waals surface area contributed by atoms with Gasteiger partial charge in [-0.15, -0.1) is 0 Å². The molecule has 2 aromatic carbocycles. The topological polar surface area (TPSA) is 77.0 Å². The lowest BCUT2D eigenvalue weighted by molar-refractivity contribution is 0.174. The van der Waals surface area contributed by atoms with Crippen molar-refractivity contribution in [3.63, 3.8) is 0 Å². The van der Waals surface area contributed by atoms with E-state index < -0.39 is 10.0 Å². The molecule has 0 fully saturated rings. The van der Waals surface area contributed by atoms with E-state index in [4.69, 9.17) is 9.47 Å². The highest BCUT2D eigenvalue weighted by atomic mass is 32.2. The van der Waals surface area contributed by atoms with E-state index in [0.29, 0.717) is 23.6 Å². The number of nitrogens with one attached hydrogen (secondary N) is 1. The van der Waals surface area contributed by atoms with Gasteiger partial charge < -0.3 is 9.47 Å². The largest absolute Gasteiger partial charge is 0.454 e. The summed E-state index contributed by atoms with van der Waals surface area (Å²) in [5.41, 5.74) is 2.48. The number of benzene rings is 2. The van der Waals surface area contributed by atoms with E-state index in [9.17, 15) is 8.42 Å². The van der Waals surface area contributed by atoms with E-state index >= 15 is 0 Å². The number of hydrogen-bond donors (Lipinski definition) is 1. The van der Waals surface area contributed by atoms with E-state index in [1.807, 2.05) is 25.1 Å². The molecule has 0 aromatic heterocycles. The summed E-state index contributed by atoms with van der Waals surface area (Å²) in [6.07, 6.45) is 2.54. The third-order valence-corrected chi connectivity index (χ3v) is 5.33. The fourth-order valence-electron chi connectivity index (χ4n) is 2.57. The number of aryl methyl sites for hydroxylation is 1. The van der Waals surface area contributed by atoms with Crippen molar-refractivity contribution in [3.8, 4) is 11.5 Å². The van der Waals surface area contributed by atoms with Crippen LogP contribution in [0.5, 0.6) is 11.5 Å². The molecule has 26 heavy (non-hydrogen) atoms. The molecule has 0 atom stereocenters. The normalized spacial score (nSPS) is 13.7. The summed E-state index contributed by atoms with van der Waals surface area (Å²) in [6.45, 7) is 4.18. The van der Waals surface area contributed by atoms with Gasteiger partial charge in [0.1, 0.15) is 0 Å². The number of ether oxygens (including phenoxy) is 2. The molecule has 0 saturated carbocycles. The van der Waals surface area contributed by atoms with Gasteiger partial charge in [0.05, 0.1) is 10.6 Å². The lowest BCUT2D eigenvalue weighted by Crippen LogP contribution is -2.20. The molecule has 7 heteroatoms. The second-order valence-corrected chi connectivity index (χ2v) is 7.80. The quantitative estimate of drug-likeness (QED) is 0.593. The lowest BCUT2D eigenvalue weighted by atomic mass is 10.0. The molecule has 0 radical (unpaired) electrons. The van der Waals surface area contributed by atoms with Crippen molar-refractivity contribution >= 4 is 15.7 Å². The number of sulfonamides is 1. The number of hydrazone groups is 1. The molecule has 3 rings (SSSR count). The molecule has 1 N–H and O–H groups in total. The zero-order chi connectivity index (χ0) is 18.6. The third-order valence-electron chi connectivity index (χ3n) is 4.10. The van der Waals surface area contributed by atoms with Crippen molar-refractivity contribution in [2.75, 3.05) is 6.79 Å². The van der Waals surface area contributed by atoms with Crippen molar-refractivity contribution in [1.29, 1.82) is 0 Å². The summed E-state index contributed by atoms with van der Waals surface area (Å²) < 4.78 is 35.7. The standard InChI is InChI=1S/C19H22N2O4S/c1-3-4-5-17(15-8-11-18-19(12-15)25-13-24-18)20-21-26(22,23)16-9-6-14(2)7-10-16/h6-12,21H,3-5,13H2,1-2H3/b20-17+. The molecule has 6 nitrogen and oxygen atoms in total. The molecule has 0 aliphatic carbocycles. The van der Waals surface area contributed by atoms with Gasteiger partial charge in [-0.1, -0.05) is 31.0 Å². The van der Waals surface area contributed by atoms with Crippen LogP contribution in [0, 0.1) is 6.92 Å². The van der Waals surface area contributed by atoms with Gasteiger partial charge in [-0.2, -0.15) is 18.4 Å². The number of fused-ring (bicyclic) bond motifs is 1. The van der Waals surface area contributed by atoms with E-state index in [1.165, 1.54) is 0 Å². The number of hydrogen-bond acceptors (Lipinski definition) is 5. The van der Waals surface area contributed by atoms with Crippen molar-refractivity contribution in [2.45, 2.75) is 38.0 Å². The van der Waals surface area contributed by atoms with Crippen LogP contribution in [0.25, 0.3) is 0 Å². The molecular formula is C19H22N2O4S. The van der Waals surface area contributed by atoms with Crippen molar-refractivity contribution in [3.05, 3.63) is 53.6 Å². The molecule has 2 aromatic rings. The van der Waals surface area contributed by atoms with E-state index in [1.54, 1.807) is 24.3 Å². The monoisotopic (exact) mass is 374 g/mol. The summed E-state index contributed by atoms with van der Waals surface area (Å²) in [4.78, 5) is 2.55. The molecular weight excluding hydrogens is 352 g/mol. The Kier molecular flexibility index (Phi) is 5.46. The predicted octanol–water partition coefficient (Wildman–Crippen LogP) is 3.60. The van der Waals surface area contributed by atoms with Gasteiger partial charge in [0.25, 0.3) is 10.0 Å². The summed E-state index contributed by atoms with van der Waals surface area (Å²) in [7, 11) is -3.71. The van der Waals surface area contributed by atoms with Crippen LogP contribution in [0.4, 0.5) is 0 Å². The Balaban J connectivity index is 1.86. The van der Waals surface area contributed by atoms with Crippen LogP contribution in [-0.4, -0.2) is 20.9 Å². The summed E-state index contributed by atoms with van der Waals surface area (Å²) >= 11 is 0. The first kappa shape index (κ1) is 18.3.